The van der Waals surface area contributed by atoms with Gasteiger partial charge in [-0.3, -0.25) is 4.79 Å². The van der Waals surface area contributed by atoms with Crippen molar-refractivity contribution >= 4 is 5.97 Å². The number of hydrogen-bond donors (Lipinski definition) is 1. The number of carboxylic acids is 1. The van der Waals surface area contributed by atoms with Crippen molar-refractivity contribution in [1.29, 1.82) is 0 Å². The first-order valence-corrected chi connectivity index (χ1v) is 6.63. The normalized spacial score (nSPS) is 11.6. The number of carbonyl (C=O) groups is 1. The van der Waals surface area contributed by atoms with E-state index in [-0.39, 0.29) is 11.3 Å². The van der Waals surface area contributed by atoms with E-state index in [4.69, 9.17) is 0 Å². The molecule has 0 fully saturated rings. The Morgan fingerprint density at radius 1 is 1.29 bits per heavy atom. The molecule has 7 nitrogen and oxygen atoms in total. The molecule has 2 rings (SSSR count). The Hall–Kier alpha value is -2.44. The summed E-state index contributed by atoms with van der Waals surface area (Å²) in [6, 6.07) is 4.93. The Morgan fingerprint density at radius 2 is 2.00 bits per heavy atom. The molecule has 0 amide bonds. The minimum Gasteiger partial charge on any atom is -0.476 e. The lowest BCUT2D eigenvalue weighted by Crippen LogP contribution is -2.25. The minimum atomic E-state index is -1.09. The standard InChI is InChI=1S/C14H18N4O3/c1-14(2,3)12-11(13(20)21)15-16-18(12)9-8-17-7-5-4-6-10(17)19/h4-7H,8-9H2,1-3H3,(H,20,21). The van der Waals surface area contributed by atoms with Crippen molar-refractivity contribution in [1.82, 2.24) is 19.6 Å². The largest absolute Gasteiger partial charge is 0.476 e. The number of hydrogen-bond acceptors (Lipinski definition) is 4. The van der Waals surface area contributed by atoms with Crippen LogP contribution in [-0.2, 0) is 18.5 Å². The summed E-state index contributed by atoms with van der Waals surface area (Å²) in [5, 5.41) is 16.9. The molecule has 21 heavy (non-hydrogen) atoms. The summed E-state index contributed by atoms with van der Waals surface area (Å²) in [4.78, 5) is 22.9. The van der Waals surface area contributed by atoms with E-state index in [1.54, 1.807) is 27.6 Å². The topological polar surface area (TPSA) is 90.0 Å². The van der Waals surface area contributed by atoms with Crippen LogP contribution in [0.4, 0.5) is 0 Å². The highest BCUT2D eigenvalue weighted by Gasteiger charge is 2.28. The Balaban J connectivity index is 2.31. The summed E-state index contributed by atoms with van der Waals surface area (Å²) in [5.74, 6) is -1.09. The Kier molecular flexibility index (Phi) is 3.93. The molecule has 0 unspecified atom stereocenters. The summed E-state index contributed by atoms with van der Waals surface area (Å²) >= 11 is 0. The fraction of sp³-hybridized carbons (Fsp3) is 0.429. The first-order valence-electron chi connectivity index (χ1n) is 6.63. The summed E-state index contributed by atoms with van der Waals surface area (Å²) in [7, 11) is 0. The highest BCUT2D eigenvalue weighted by Crippen LogP contribution is 2.24. The Labute approximate surface area is 121 Å². The Bertz CT molecular complexity index is 709. The number of aromatic nitrogens is 4. The zero-order valence-corrected chi connectivity index (χ0v) is 12.3. The molecule has 0 saturated heterocycles. The Morgan fingerprint density at radius 3 is 2.57 bits per heavy atom. The molecular weight excluding hydrogens is 272 g/mol. The van der Waals surface area contributed by atoms with Crippen LogP contribution in [0.25, 0.3) is 0 Å². The summed E-state index contributed by atoms with van der Waals surface area (Å²) < 4.78 is 3.11. The van der Waals surface area contributed by atoms with Gasteiger partial charge in [0.1, 0.15) is 0 Å². The first kappa shape index (κ1) is 15.0. The maximum atomic E-state index is 11.7. The highest BCUT2D eigenvalue weighted by atomic mass is 16.4. The quantitative estimate of drug-likeness (QED) is 0.911. The van der Waals surface area contributed by atoms with E-state index in [1.807, 2.05) is 20.8 Å². The van der Waals surface area contributed by atoms with E-state index in [1.165, 1.54) is 6.07 Å². The number of carboxylic acid groups (broad SMARTS) is 1. The molecule has 0 aliphatic heterocycles. The molecular formula is C14H18N4O3. The summed E-state index contributed by atoms with van der Waals surface area (Å²) in [6.45, 7) is 6.51. The molecule has 2 heterocycles. The van der Waals surface area contributed by atoms with Gasteiger partial charge in [-0.15, -0.1) is 5.10 Å². The first-order chi connectivity index (χ1) is 9.80. The van der Waals surface area contributed by atoms with E-state index < -0.39 is 11.4 Å². The maximum Gasteiger partial charge on any atom is 0.358 e. The number of aromatic carboxylic acids is 1. The van der Waals surface area contributed by atoms with Crippen molar-refractivity contribution in [3.63, 3.8) is 0 Å². The van der Waals surface area contributed by atoms with Gasteiger partial charge in [0.2, 0.25) is 0 Å². The highest BCUT2D eigenvalue weighted by molar-refractivity contribution is 5.86. The lowest BCUT2D eigenvalue weighted by atomic mass is 9.90. The van der Waals surface area contributed by atoms with Gasteiger partial charge in [-0.25, -0.2) is 9.48 Å². The monoisotopic (exact) mass is 290 g/mol. The lowest BCUT2D eigenvalue weighted by molar-refractivity contribution is 0.0687. The van der Waals surface area contributed by atoms with Crippen molar-refractivity contribution in [2.75, 3.05) is 0 Å². The molecule has 0 aromatic carbocycles. The zero-order valence-electron chi connectivity index (χ0n) is 12.3. The van der Waals surface area contributed by atoms with Gasteiger partial charge in [0, 0.05) is 24.2 Å². The van der Waals surface area contributed by atoms with Gasteiger partial charge in [0.15, 0.2) is 5.69 Å². The number of rotatable bonds is 4. The molecule has 2 aromatic heterocycles. The molecule has 0 bridgehead atoms. The second-order valence-corrected chi connectivity index (χ2v) is 5.80. The van der Waals surface area contributed by atoms with Gasteiger partial charge in [0.05, 0.1) is 12.2 Å². The van der Waals surface area contributed by atoms with E-state index in [9.17, 15) is 14.7 Å². The zero-order chi connectivity index (χ0) is 15.6. The summed E-state index contributed by atoms with van der Waals surface area (Å²) in [5.41, 5.74) is 0.00839. The third-order valence-corrected chi connectivity index (χ3v) is 3.10. The van der Waals surface area contributed by atoms with Crippen LogP contribution >= 0.6 is 0 Å². The molecule has 112 valence electrons. The van der Waals surface area contributed by atoms with Gasteiger partial charge in [0.25, 0.3) is 5.56 Å². The SMILES string of the molecule is CC(C)(C)c1c(C(=O)O)nnn1CCn1ccccc1=O. The lowest BCUT2D eigenvalue weighted by Gasteiger charge is -2.20. The van der Waals surface area contributed by atoms with Crippen LogP contribution in [0.5, 0.6) is 0 Å². The fourth-order valence-electron chi connectivity index (χ4n) is 2.20. The van der Waals surface area contributed by atoms with E-state index in [0.29, 0.717) is 18.8 Å². The predicted octanol–water partition coefficient (Wildman–Crippen LogP) is 1.14. The number of aryl methyl sites for hydroxylation is 2. The third kappa shape index (κ3) is 3.18. The van der Waals surface area contributed by atoms with Crippen molar-refractivity contribution < 1.29 is 9.90 Å². The average molecular weight is 290 g/mol. The van der Waals surface area contributed by atoms with E-state index in [2.05, 4.69) is 10.3 Å². The molecule has 0 radical (unpaired) electrons. The van der Waals surface area contributed by atoms with Crippen LogP contribution < -0.4 is 5.56 Å². The third-order valence-electron chi connectivity index (χ3n) is 3.10. The van der Waals surface area contributed by atoms with Crippen molar-refractivity contribution in [3.05, 3.63) is 46.1 Å². The van der Waals surface area contributed by atoms with Crippen LogP contribution in [0.1, 0.15) is 37.0 Å². The van der Waals surface area contributed by atoms with E-state index in [0.717, 1.165) is 0 Å². The molecule has 7 heteroatoms. The molecule has 1 N–H and O–H groups in total. The number of nitrogens with zero attached hydrogens (tertiary/aromatic N) is 4. The van der Waals surface area contributed by atoms with E-state index >= 15 is 0 Å². The van der Waals surface area contributed by atoms with Crippen LogP contribution in [0, 0.1) is 0 Å². The smallest absolute Gasteiger partial charge is 0.358 e. The van der Waals surface area contributed by atoms with Gasteiger partial charge in [-0.05, 0) is 6.07 Å². The molecule has 0 aliphatic carbocycles. The molecule has 2 aromatic rings. The second-order valence-electron chi connectivity index (χ2n) is 5.80. The maximum absolute atomic E-state index is 11.7. The minimum absolute atomic E-state index is 0.0390. The second kappa shape index (κ2) is 5.51. The van der Waals surface area contributed by atoms with Crippen LogP contribution in [-0.4, -0.2) is 30.6 Å². The van der Waals surface area contributed by atoms with Gasteiger partial charge in [-0.1, -0.05) is 32.1 Å². The van der Waals surface area contributed by atoms with Crippen LogP contribution in [0.2, 0.25) is 0 Å². The predicted molar refractivity (Wildman–Crippen MR) is 76.4 cm³/mol. The van der Waals surface area contributed by atoms with Crippen LogP contribution in [0.3, 0.4) is 0 Å². The van der Waals surface area contributed by atoms with Crippen molar-refractivity contribution in [2.24, 2.45) is 0 Å². The van der Waals surface area contributed by atoms with Crippen LogP contribution in [0.15, 0.2) is 29.2 Å². The van der Waals surface area contributed by atoms with Gasteiger partial charge in [-0.2, -0.15) is 0 Å². The van der Waals surface area contributed by atoms with Crippen molar-refractivity contribution in [3.8, 4) is 0 Å². The molecule has 0 atom stereocenters. The molecule has 0 aliphatic rings. The fourth-order valence-corrected chi connectivity index (χ4v) is 2.20. The number of pyridine rings is 1. The van der Waals surface area contributed by atoms with Gasteiger partial charge < -0.3 is 9.67 Å². The molecule has 0 saturated carbocycles. The summed E-state index contributed by atoms with van der Waals surface area (Å²) in [6.07, 6.45) is 1.69. The average Bonchev–Trinajstić information content (AvgIpc) is 2.82. The van der Waals surface area contributed by atoms with Crippen molar-refractivity contribution in [2.45, 2.75) is 39.3 Å². The van der Waals surface area contributed by atoms with Gasteiger partial charge >= 0.3 is 5.97 Å². The molecule has 0 spiro atoms.